The van der Waals surface area contributed by atoms with Gasteiger partial charge in [-0.05, 0) is 12.5 Å². The largest absolute Gasteiger partial charge is 0.394 e. The van der Waals surface area contributed by atoms with Crippen molar-refractivity contribution in [1.29, 1.82) is 0 Å². The summed E-state index contributed by atoms with van der Waals surface area (Å²) >= 11 is 0. The summed E-state index contributed by atoms with van der Waals surface area (Å²) in [4.78, 5) is 0. The highest BCUT2D eigenvalue weighted by Crippen LogP contribution is 2.18. The lowest BCUT2D eigenvalue weighted by atomic mass is 10.00. The fourth-order valence-corrected chi connectivity index (χ4v) is 1.17. The molecule has 0 aromatic rings. The zero-order valence-electron chi connectivity index (χ0n) is 6.84. The van der Waals surface area contributed by atoms with Gasteiger partial charge < -0.3 is 9.84 Å². The van der Waals surface area contributed by atoms with Gasteiger partial charge in [-0.15, -0.1) is 0 Å². The van der Waals surface area contributed by atoms with E-state index >= 15 is 0 Å². The molecule has 0 amide bonds. The molecule has 1 heterocycles. The summed E-state index contributed by atoms with van der Waals surface area (Å²) < 4.78 is 5.31. The van der Waals surface area contributed by atoms with E-state index < -0.39 is 0 Å². The summed E-state index contributed by atoms with van der Waals surface area (Å²) in [5, 5.41) is 12.2. The van der Waals surface area contributed by atoms with Gasteiger partial charge >= 0.3 is 0 Å². The predicted octanol–water partition coefficient (Wildman–Crippen LogP) is 0.259. The van der Waals surface area contributed by atoms with Crippen LogP contribution in [-0.4, -0.2) is 30.1 Å². The van der Waals surface area contributed by atoms with Crippen molar-refractivity contribution in [3.63, 3.8) is 0 Å². The molecule has 0 radical (unpaired) electrons. The van der Waals surface area contributed by atoms with Crippen LogP contribution in [0.5, 0.6) is 0 Å². The van der Waals surface area contributed by atoms with Crippen LogP contribution in [0.1, 0.15) is 13.3 Å². The smallest absolute Gasteiger partial charge is 0.127 e. The summed E-state index contributed by atoms with van der Waals surface area (Å²) in [6.45, 7) is 6.32. The van der Waals surface area contributed by atoms with E-state index in [0.717, 1.165) is 6.42 Å². The lowest BCUT2D eigenvalue weighted by Gasteiger charge is -2.23. The summed E-state index contributed by atoms with van der Waals surface area (Å²) in [6, 6.07) is 0. The van der Waals surface area contributed by atoms with Crippen molar-refractivity contribution >= 4 is 0 Å². The van der Waals surface area contributed by atoms with Crippen LogP contribution < -0.4 is 5.32 Å². The summed E-state index contributed by atoms with van der Waals surface area (Å²) in [5.41, 5.74) is -0.237. The Kier molecular flexibility index (Phi) is 2.65. The number of aliphatic hydroxyl groups excluding tert-OH is 1. The Hall–Kier alpha value is -0.380. The minimum Gasteiger partial charge on any atom is -0.394 e. The molecular weight excluding hydrogens is 142 g/mol. The molecule has 0 aliphatic carbocycles. The van der Waals surface area contributed by atoms with Crippen LogP contribution in [0.3, 0.4) is 0 Å². The highest BCUT2D eigenvalue weighted by molar-refractivity contribution is 4.97. The van der Waals surface area contributed by atoms with E-state index in [0.29, 0.717) is 6.61 Å². The number of aliphatic hydroxyl groups is 1. The van der Waals surface area contributed by atoms with E-state index in [4.69, 9.17) is 9.84 Å². The molecule has 0 aromatic heterocycles. The fraction of sp³-hybridized carbons (Fsp3) is 0.750. The van der Waals surface area contributed by atoms with E-state index in [1.165, 1.54) is 0 Å². The lowest BCUT2D eigenvalue weighted by Crippen LogP contribution is -2.47. The molecule has 3 nitrogen and oxygen atoms in total. The highest BCUT2D eigenvalue weighted by atomic mass is 16.5. The second-order valence-electron chi connectivity index (χ2n) is 2.90. The van der Waals surface area contributed by atoms with Crippen LogP contribution in [0.2, 0.25) is 0 Å². The van der Waals surface area contributed by atoms with Crippen LogP contribution >= 0.6 is 0 Å². The third-order valence-electron chi connectivity index (χ3n) is 2.18. The van der Waals surface area contributed by atoms with E-state index in [-0.39, 0.29) is 18.4 Å². The Morgan fingerprint density at radius 1 is 1.91 bits per heavy atom. The molecule has 1 aliphatic heterocycles. The van der Waals surface area contributed by atoms with Crippen LogP contribution in [0, 0.1) is 0 Å². The van der Waals surface area contributed by atoms with Gasteiger partial charge in [-0.25, -0.2) is 0 Å². The van der Waals surface area contributed by atoms with Crippen molar-refractivity contribution in [1.82, 2.24) is 5.32 Å². The van der Waals surface area contributed by atoms with E-state index in [1.54, 1.807) is 6.08 Å². The normalized spacial score (nSPS) is 37.5. The van der Waals surface area contributed by atoms with Crippen molar-refractivity contribution in [3.8, 4) is 0 Å². The molecule has 1 saturated heterocycles. The lowest BCUT2D eigenvalue weighted by molar-refractivity contribution is 0.116. The van der Waals surface area contributed by atoms with Gasteiger partial charge in [0.05, 0.1) is 18.8 Å². The summed E-state index contributed by atoms with van der Waals surface area (Å²) in [5.74, 6) is 0. The van der Waals surface area contributed by atoms with Crippen LogP contribution in [0.15, 0.2) is 12.7 Å². The highest BCUT2D eigenvalue weighted by Gasteiger charge is 2.35. The number of nitrogens with one attached hydrogen (secondary N) is 1. The van der Waals surface area contributed by atoms with Gasteiger partial charge in [-0.1, -0.05) is 13.5 Å². The van der Waals surface area contributed by atoms with Crippen molar-refractivity contribution < 1.29 is 9.84 Å². The second-order valence-corrected chi connectivity index (χ2v) is 2.90. The first-order chi connectivity index (χ1) is 5.26. The van der Waals surface area contributed by atoms with E-state index in [9.17, 15) is 0 Å². The molecule has 2 atom stereocenters. The van der Waals surface area contributed by atoms with Gasteiger partial charge in [-0.3, -0.25) is 5.32 Å². The molecule has 0 bridgehead atoms. The molecule has 2 unspecified atom stereocenters. The molecule has 0 saturated carbocycles. The zero-order valence-corrected chi connectivity index (χ0v) is 6.84. The number of hydrogen-bond acceptors (Lipinski definition) is 3. The maximum Gasteiger partial charge on any atom is 0.127 e. The van der Waals surface area contributed by atoms with Gasteiger partial charge in [0.15, 0.2) is 0 Å². The molecule has 11 heavy (non-hydrogen) atoms. The standard InChI is InChI=1S/C8H15NO2/c1-3-7-9-8(4-2,5-10)6-11-7/h3,7,9-10H,1,4-6H2,2H3. The van der Waals surface area contributed by atoms with Crippen molar-refractivity contribution in [2.24, 2.45) is 0 Å². The average Bonchev–Trinajstić information content (AvgIpc) is 2.49. The van der Waals surface area contributed by atoms with Crippen molar-refractivity contribution in [3.05, 3.63) is 12.7 Å². The van der Waals surface area contributed by atoms with Crippen molar-refractivity contribution in [2.45, 2.75) is 25.1 Å². The quantitative estimate of drug-likeness (QED) is 0.577. The second kappa shape index (κ2) is 3.34. The Bertz CT molecular complexity index is 143. The number of ether oxygens (including phenoxy) is 1. The number of rotatable bonds is 3. The maximum atomic E-state index is 9.05. The Balaban J connectivity index is 2.54. The Morgan fingerprint density at radius 2 is 2.64 bits per heavy atom. The summed E-state index contributed by atoms with van der Waals surface area (Å²) in [6.07, 6.45) is 2.48. The third-order valence-corrected chi connectivity index (χ3v) is 2.18. The van der Waals surface area contributed by atoms with Gasteiger partial charge in [0.2, 0.25) is 0 Å². The maximum absolute atomic E-state index is 9.05. The number of hydrogen-bond donors (Lipinski definition) is 2. The average molecular weight is 157 g/mol. The van der Waals surface area contributed by atoms with Crippen LogP contribution in [0.4, 0.5) is 0 Å². The third kappa shape index (κ3) is 1.61. The molecule has 0 spiro atoms. The first kappa shape index (κ1) is 8.71. The molecule has 1 fully saturated rings. The Labute approximate surface area is 67.1 Å². The molecular formula is C8H15NO2. The molecule has 64 valence electrons. The summed E-state index contributed by atoms with van der Waals surface area (Å²) in [7, 11) is 0. The Morgan fingerprint density at radius 3 is 2.91 bits per heavy atom. The van der Waals surface area contributed by atoms with E-state index in [2.05, 4.69) is 11.9 Å². The fourth-order valence-electron chi connectivity index (χ4n) is 1.17. The molecule has 3 heteroatoms. The SMILES string of the molecule is C=CC1NC(CC)(CO)CO1. The van der Waals surface area contributed by atoms with Gasteiger partial charge in [0.25, 0.3) is 0 Å². The molecule has 1 aliphatic rings. The topological polar surface area (TPSA) is 41.5 Å². The van der Waals surface area contributed by atoms with Crippen LogP contribution in [-0.2, 0) is 4.74 Å². The van der Waals surface area contributed by atoms with Crippen molar-refractivity contribution in [2.75, 3.05) is 13.2 Å². The van der Waals surface area contributed by atoms with Gasteiger partial charge in [0.1, 0.15) is 6.23 Å². The minimum atomic E-state index is -0.237. The first-order valence-corrected chi connectivity index (χ1v) is 3.89. The minimum absolute atomic E-state index is 0.0953. The van der Waals surface area contributed by atoms with Gasteiger partial charge in [-0.2, -0.15) is 0 Å². The molecule has 1 rings (SSSR count). The molecule has 0 aromatic carbocycles. The zero-order chi connectivity index (χ0) is 8.32. The van der Waals surface area contributed by atoms with Gasteiger partial charge in [0, 0.05) is 0 Å². The van der Waals surface area contributed by atoms with E-state index in [1.807, 2.05) is 6.92 Å². The van der Waals surface area contributed by atoms with Crippen LogP contribution in [0.25, 0.3) is 0 Å². The monoisotopic (exact) mass is 157 g/mol. The predicted molar refractivity (Wildman–Crippen MR) is 43.2 cm³/mol. The first-order valence-electron chi connectivity index (χ1n) is 3.89. The molecule has 2 N–H and O–H groups in total.